The summed E-state index contributed by atoms with van der Waals surface area (Å²) in [5, 5.41) is 0. The van der Waals surface area contributed by atoms with E-state index in [1.165, 1.54) is 11.1 Å². The van der Waals surface area contributed by atoms with E-state index in [0.29, 0.717) is 0 Å². The molecule has 0 spiro atoms. The minimum absolute atomic E-state index is 0.190. The number of aryl methyl sites for hydroxylation is 1. The van der Waals surface area contributed by atoms with E-state index in [9.17, 15) is 0 Å². The van der Waals surface area contributed by atoms with Gasteiger partial charge in [-0.05, 0) is 12.5 Å². The SMILES string of the molecule is Cc1cccc(C2(CS)COC2)c1. The summed E-state index contributed by atoms with van der Waals surface area (Å²) in [6.07, 6.45) is 0. The van der Waals surface area contributed by atoms with Crippen LogP contribution < -0.4 is 0 Å². The van der Waals surface area contributed by atoms with E-state index in [1.807, 2.05) is 0 Å². The number of thiol groups is 1. The number of ether oxygens (including phenoxy) is 1. The predicted octanol–water partition coefficient (Wildman–Crippen LogP) is 2.19. The standard InChI is InChI=1S/C11H14OS/c1-9-3-2-4-10(5-9)11(8-13)6-12-7-11/h2-5,13H,6-8H2,1H3. The van der Waals surface area contributed by atoms with E-state index < -0.39 is 0 Å². The normalized spacial score (nSPS) is 19.5. The number of hydrogen-bond donors (Lipinski definition) is 1. The highest BCUT2D eigenvalue weighted by molar-refractivity contribution is 7.80. The lowest BCUT2D eigenvalue weighted by Crippen LogP contribution is -2.48. The van der Waals surface area contributed by atoms with E-state index in [0.717, 1.165) is 19.0 Å². The zero-order valence-corrected chi connectivity index (χ0v) is 8.68. The first-order valence-electron chi connectivity index (χ1n) is 4.53. The van der Waals surface area contributed by atoms with Crippen molar-refractivity contribution in [3.8, 4) is 0 Å². The lowest BCUT2D eigenvalue weighted by atomic mass is 9.80. The molecular formula is C11H14OS. The molecule has 1 aromatic rings. The highest BCUT2D eigenvalue weighted by Crippen LogP contribution is 2.33. The van der Waals surface area contributed by atoms with Crippen molar-refractivity contribution in [2.45, 2.75) is 12.3 Å². The van der Waals surface area contributed by atoms with Gasteiger partial charge in [-0.15, -0.1) is 0 Å². The van der Waals surface area contributed by atoms with Crippen molar-refractivity contribution >= 4 is 12.6 Å². The summed E-state index contributed by atoms with van der Waals surface area (Å²) in [5.41, 5.74) is 2.87. The molecule has 1 fully saturated rings. The first-order chi connectivity index (χ1) is 6.27. The molecule has 0 amide bonds. The van der Waals surface area contributed by atoms with E-state index in [1.54, 1.807) is 0 Å². The van der Waals surface area contributed by atoms with Crippen molar-refractivity contribution in [3.63, 3.8) is 0 Å². The lowest BCUT2D eigenvalue weighted by Gasteiger charge is -2.41. The van der Waals surface area contributed by atoms with Gasteiger partial charge in [-0.25, -0.2) is 0 Å². The van der Waals surface area contributed by atoms with Crippen LogP contribution in [-0.4, -0.2) is 19.0 Å². The fourth-order valence-electron chi connectivity index (χ4n) is 1.67. The third-order valence-electron chi connectivity index (χ3n) is 2.69. The van der Waals surface area contributed by atoms with Gasteiger partial charge < -0.3 is 4.74 Å². The third kappa shape index (κ3) is 1.49. The second kappa shape index (κ2) is 3.35. The Hall–Kier alpha value is -0.470. The van der Waals surface area contributed by atoms with Crippen LogP contribution in [0.3, 0.4) is 0 Å². The zero-order valence-electron chi connectivity index (χ0n) is 7.79. The van der Waals surface area contributed by atoms with Crippen LogP contribution in [0.1, 0.15) is 11.1 Å². The van der Waals surface area contributed by atoms with Gasteiger partial charge in [-0.1, -0.05) is 29.8 Å². The predicted molar refractivity (Wildman–Crippen MR) is 57.5 cm³/mol. The van der Waals surface area contributed by atoms with Gasteiger partial charge in [0.05, 0.1) is 18.6 Å². The Morgan fingerprint density at radius 3 is 2.69 bits per heavy atom. The first kappa shape index (κ1) is 9.10. The number of rotatable bonds is 2. The Kier molecular flexibility index (Phi) is 2.35. The van der Waals surface area contributed by atoms with Crippen LogP contribution in [0.5, 0.6) is 0 Å². The van der Waals surface area contributed by atoms with Crippen LogP contribution in [0, 0.1) is 6.92 Å². The molecule has 0 N–H and O–H groups in total. The number of hydrogen-bond acceptors (Lipinski definition) is 2. The lowest BCUT2D eigenvalue weighted by molar-refractivity contribution is -0.0471. The van der Waals surface area contributed by atoms with Crippen LogP contribution in [0.15, 0.2) is 24.3 Å². The van der Waals surface area contributed by atoms with Gasteiger partial charge in [0, 0.05) is 5.75 Å². The first-order valence-corrected chi connectivity index (χ1v) is 5.16. The second-order valence-corrected chi connectivity index (χ2v) is 4.12. The van der Waals surface area contributed by atoms with Crippen LogP contribution in [0.2, 0.25) is 0 Å². The maximum atomic E-state index is 5.27. The molecule has 2 heteroatoms. The Morgan fingerprint density at radius 1 is 1.46 bits per heavy atom. The molecule has 0 saturated carbocycles. The molecule has 1 aliphatic heterocycles. The quantitative estimate of drug-likeness (QED) is 0.710. The molecule has 0 unspecified atom stereocenters. The average Bonchev–Trinajstić information content (AvgIpc) is 2.03. The molecule has 0 radical (unpaired) electrons. The van der Waals surface area contributed by atoms with Gasteiger partial charge in [-0.3, -0.25) is 0 Å². The van der Waals surface area contributed by atoms with Crippen molar-refractivity contribution in [2.75, 3.05) is 19.0 Å². The zero-order chi connectivity index (χ0) is 9.31. The highest BCUT2D eigenvalue weighted by Gasteiger charge is 2.38. The van der Waals surface area contributed by atoms with Gasteiger partial charge in [-0.2, -0.15) is 12.6 Å². The molecule has 13 heavy (non-hydrogen) atoms. The minimum atomic E-state index is 0.190. The maximum absolute atomic E-state index is 5.27. The van der Waals surface area contributed by atoms with Crippen molar-refractivity contribution in [1.82, 2.24) is 0 Å². The van der Waals surface area contributed by atoms with Gasteiger partial charge >= 0.3 is 0 Å². The molecular weight excluding hydrogens is 180 g/mol. The minimum Gasteiger partial charge on any atom is -0.379 e. The van der Waals surface area contributed by atoms with Gasteiger partial charge in [0.1, 0.15) is 0 Å². The van der Waals surface area contributed by atoms with E-state index in [2.05, 4.69) is 43.8 Å². The summed E-state index contributed by atoms with van der Waals surface area (Å²) in [6, 6.07) is 8.63. The van der Waals surface area contributed by atoms with Crippen LogP contribution in [0.4, 0.5) is 0 Å². The summed E-state index contributed by atoms with van der Waals surface area (Å²) in [6.45, 7) is 3.76. The van der Waals surface area contributed by atoms with Crippen LogP contribution >= 0.6 is 12.6 Å². The molecule has 2 rings (SSSR count). The van der Waals surface area contributed by atoms with E-state index in [-0.39, 0.29) is 5.41 Å². The van der Waals surface area contributed by atoms with Gasteiger partial charge in [0.2, 0.25) is 0 Å². The Morgan fingerprint density at radius 2 is 2.23 bits per heavy atom. The Balaban J connectivity index is 2.33. The van der Waals surface area contributed by atoms with Crippen molar-refractivity contribution < 1.29 is 4.74 Å². The van der Waals surface area contributed by atoms with Gasteiger partial charge in [0.15, 0.2) is 0 Å². The summed E-state index contributed by atoms with van der Waals surface area (Å²) < 4.78 is 5.27. The van der Waals surface area contributed by atoms with Crippen molar-refractivity contribution in [1.29, 1.82) is 0 Å². The summed E-state index contributed by atoms with van der Waals surface area (Å²) in [5.74, 6) is 0.871. The maximum Gasteiger partial charge on any atom is 0.0593 e. The van der Waals surface area contributed by atoms with Crippen molar-refractivity contribution in [2.24, 2.45) is 0 Å². The summed E-state index contributed by atoms with van der Waals surface area (Å²) in [7, 11) is 0. The molecule has 0 aliphatic carbocycles. The fourth-order valence-corrected chi connectivity index (χ4v) is 2.04. The van der Waals surface area contributed by atoms with Crippen LogP contribution in [-0.2, 0) is 10.2 Å². The highest BCUT2D eigenvalue weighted by atomic mass is 32.1. The second-order valence-electron chi connectivity index (χ2n) is 3.80. The molecule has 1 saturated heterocycles. The average molecular weight is 194 g/mol. The fraction of sp³-hybridized carbons (Fsp3) is 0.455. The molecule has 1 aliphatic rings. The molecule has 0 aromatic heterocycles. The molecule has 0 bridgehead atoms. The monoisotopic (exact) mass is 194 g/mol. The van der Waals surface area contributed by atoms with Crippen LogP contribution in [0.25, 0.3) is 0 Å². The molecule has 0 atom stereocenters. The molecule has 1 heterocycles. The summed E-state index contributed by atoms with van der Waals surface area (Å²) in [4.78, 5) is 0. The molecule has 1 nitrogen and oxygen atoms in total. The smallest absolute Gasteiger partial charge is 0.0593 e. The topological polar surface area (TPSA) is 9.23 Å². The van der Waals surface area contributed by atoms with E-state index >= 15 is 0 Å². The summed E-state index contributed by atoms with van der Waals surface area (Å²) >= 11 is 4.40. The van der Waals surface area contributed by atoms with Crippen molar-refractivity contribution in [3.05, 3.63) is 35.4 Å². The number of benzene rings is 1. The largest absolute Gasteiger partial charge is 0.379 e. The Labute approximate surface area is 84.5 Å². The van der Waals surface area contributed by atoms with E-state index in [4.69, 9.17) is 4.74 Å². The third-order valence-corrected chi connectivity index (χ3v) is 3.30. The molecule has 1 aromatic carbocycles. The van der Waals surface area contributed by atoms with Gasteiger partial charge in [0.25, 0.3) is 0 Å². The Bertz CT molecular complexity index is 299. The molecule has 70 valence electrons.